The lowest BCUT2D eigenvalue weighted by molar-refractivity contribution is 0.507. The van der Waals surface area contributed by atoms with E-state index in [9.17, 15) is 0 Å². The molecule has 0 unspecified atom stereocenters. The van der Waals surface area contributed by atoms with Crippen molar-refractivity contribution in [2.24, 2.45) is 0 Å². The van der Waals surface area contributed by atoms with E-state index in [4.69, 9.17) is 0 Å². The zero-order valence-corrected chi connectivity index (χ0v) is 12.7. The molecule has 3 aromatic rings. The molecule has 112 valence electrons. The number of nitrogens with zero attached hydrogens (tertiary/aromatic N) is 3. The third-order valence-electron chi connectivity index (χ3n) is 3.76. The molecule has 0 saturated heterocycles. The van der Waals surface area contributed by atoms with Crippen LogP contribution in [-0.2, 0) is 6.54 Å². The van der Waals surface area contributed by atoms with Crippen LogP contribution in [0.15, 0.2) is 67.3 Å². The fourth-order valence-corrected chi connectivity index (χ4v) is 2.44. The van der Waals surface area contributed by atoms with E-state index in [1.54, 1.807) is 12.4 Å². The van der Waals surface area contributed by atoms with E-state index in [2.05, 4.69) is 52.7 Å². The van der Waals surface area contributed by atoms with Crippen molar-refractivity contribution >= 4 is 0 Å². The van der Waals surface area contributed by atoms with Crippen LogP contribution in [-0.4, -0.2) is 21.3 Å². The van der Waals surface area contributed by atoms with E-state index < -0.39 is 0 Å². The number of hydrogen-bond donors (Lipinski definition) is 1. The average Bonchev–Trinajstić information content (AvgIpc) is 3.09. The number of nitrogens with one attached hydrogen (secondary N) is 1. The quantitative estimate of drug-likeness (QED) is 0.758. The summed E-state index contributed by atoms with van der Waals surface area (Å²) in [6.07, 6.45) is 7.47. The van der Waals surface area contributed by atoms with Crippen molar-refractivity contribution < 1.29 is 0 Å². The molecule has 2 aromatic heterocycles. The topological polar surface area (TPSA) is 42.7 Å². The second kappa shape index (κ2) is 7.00. The second-order valence-corrected chi connectivity index (χ2v) is 5.31. The highest BCUT2D eigenvalue weighted by Gasteiger charge is 2.05. The van der Waals surface area contributed by atoms with E-state index in [0.29, 0.717) is 6.04 Å². The first-order valence-corrected chi connectivity index (χ1v) is 7.54. The summed E-state index contributed by atoms with van der Waals surface area (Å²) in [7, 11) is 0. The first-order chi connectivity index (χ1) is 10.8. The Labute approximate surface area is 130 Å². The van der Waals surface area contributed by atoms with Gasteiger partial charge in [0.2, 0.25) is 0 Å². The maximum Gasteiger partial charge on any atom is 0.0534 e. The normalized spacial score (nSPS) is 12.2. The van der Waals surface area contributed by atoms with Crippen LogP contribution in [0.5, 0.6) is 0 Å². The van der Waals surface area contributed by atoms with Crippen molar-refractivity contribution in [3.63, 3.8) is 0 Å². The van der Waals surface area contributed by atoms with Gasteiger partial charge in [-0.15, -0.1) is 0 Å². The van der Waals surface area contributed by atoms with Crippen LogP contribution in [0.1, 0.15) is 18.5 Å². The van der Waals surface area contributed by atoms with Crippen LogP contribution < -0.4 is 5.32 Å². The van der Waals surface area contributed by atoms with Crippen LogP contribution in [0.2, 0.25) is 0 Å². The number of benzene rings is 1. The third-order valence-corrected chi connectivity index (χ3v) is 3.76. The van der Waals surface area contributed by atoms with Gasteiger partial charge < -0.3 is 5.32 Å². The Bertz CT molecular complexity index is 675. The third kappa shape index (κ3) is 3.59. The Morgan fingerprint density at radius 3 is 2.59 bits per heavy atom. The fourth-order valence-electron chi connectivity index (χ4n) is 2.44. The second-order valence-electron chi connectivity index (χ2n) is 5.31. The van der Waals surface area contributed by atoms with Crippen molar-refractivity contribution in [1.29, 1.82) is 0 Å². The molecule has 4 heteroatoms. The Morgan fingerprint density at radius 1 is 1.05 bits per heavy atom. The van der Waals surface area contributed by atoms with Gasteiger partial charge in [-0.25, -0.2) is 0 Å². The van der Waals surface area contributed by atoms with E-state index in [1.165, 1.54) is 11.1 Å². The lowest BCUT2D eigenvalue weighted by Crippen LogP contribution is -2.23. The van der Waals surface area contributed by atoms with Crippen molar-refractivity contribution in [2.45, 2.75) is 19.5 Å². The van der Waals surface area contributed by atoms with Crippen molar-refractivity contribution in [3.05, 3.63) is 72.8 Å². The standard InChI is InChI=1S/C18H20N4/c1-15(20-11-13-22-12-3-10-21-22)16-5-7-17(8-6-16)18-4-2-9-19-14-18/h2-10,12,14-15,20H,11,13H2,1H3/t15-/m0/s1. The minimum absolute atomic E-state index is 0.318. The molecule has 1 N–H and O–H groups in total. The summed E-state index contributed by atoms with van der Waals surface area (Å²) in [5.41, 5.74) is 3.63. The Kier molecular flexibility index (Phi) is 4.61. The highest BCUT2D eigenvalue weighted by atomic mass is 15.3. The molecular formula is C18H20N4. The maximum atomic E-state index is 4.20. The molecule has 1 aromatic carbocycles. The van der Waals surface area contributed by atoms with Gasteiger partial charge in [0.05, 0.1) is 6.54 Å². The van der Waals surface area contributed by atoms with E-state index in [0.717, 1.165) is 18.7 Å². The van der Waals surface area contributed by atoms with Gasteiger partial charge in [-0.1, -0.05) is 30.3 Å². The predicted molar refractivity (Wildman–Crippen MR) is 88.3 cm³/mol. The number of pyridine rings is 1. The molecule has 1 atom stereocenters. The molecule has 0 spiro atoms. The van der Waals surface area contributed by atoms with Gasteiger partial charge in [-0.05, 0) is 35.7 Å². The van der Waals surface area contributed by atoms with Crippen molar-refractivity contribution in [3.8, 4) is 11.1 Å². The molecule has 4 nitrogen and oxygen atoms in total. The summed E-state index contributed by atoms with van der Waals surface area (Å²) in [6.45, 7) is 3.96. The molecule has 0 amide bonds. The Hall–Kier alpha value is -2.46. The minimum Gasteiger partial charge on any atom is -0.308 e. The van der Waals surface area contributed by atoms with Gasteiger partial charge in [-0.3, -0.25) is 9.67 Å². The van der Waals surface area contributed by atoms with Crippen molar-refractivity contribution in [2.75, 3.05) is 6.54 Å². The molecule has 2 heterocycles. The summed E-state index contributed by atoms with van der Waals surface area (Å²) in [4.78, 5) is 4.16. The summed E-state index contributed by atoms with van der Waals surface area (Å²) in [5, 5.41) is 7.72. The zero-order chi connectivity index (χ0) is 15.2. The number of rotatable bonds is 6. The van der Waals surface area contributed by atoms with Gasteiger partial charge in [0.15, 0.2) is 0 Å². The molecule has 3 rings (SSSR count). The molecule has 0 radical (unpaired) electrons. The van der Waals surface area contributed by atoms with Gasteiger partial charge in [0.25, 0.3) is 0 Å². The zero-order valence-electron chi connectivity index (χ0n) is 12.7. The summed E-state index contributed by atoms with van der Waals surface area (Å²) < 4.78 is 1.94. The molecule has 0 bridgehead atoms. The van der Waals surface area contributed by atoms with Crippen LogP contribution in [0.3, 0.4) is 0 Å². The number of hydrogen-bond acceptors (Lipinski definition) is 3. The van der Waals surface area contributed by atoms with E-state index >= 15 is 0 Å². The monoisotopic (exact) mass is 292 g/mol. The van der Waals surface area contributed by atoms with Crippen LogP contribution in [0.4, 0.5) is 0 Å². The molecule has 0 saturated carbocycles. The van der Waals surface area contributed by atoms with Gasteiger partial charge >= 0.3 is 0 Å². The minimum atomic E-state index is 0.318. The molecule has 0 aliphatic heterocycles. The van der Waals surface area contributed by atoms with Crippen LogP contribution in [0, 0.1) is 0 Å². The summed E-state index contributed by atoms with van der Waals surface area (Å²) in [5.74, 6) is 0. The largest absolute Gasteiger partial charge is 0.308 e. The lowest BCUT2D eigenvalue weighted by Gasteiger charge is -2.15. The molecular weight excluding hydrogens is 272 g/mol. The summed E-state index contributed by atoms with van der Waals surface area (Å²) in [6, 6.07) is 15.0. The van der Waals surface area contributed by atoms with Gasteiger partial charge in [0, 0.05) is 37.4 Å². The Morgan fingerprint density at radius 2 is 1.91 bits per heavy atom. The van der Waals surface area contributed by atoms with Crippen LogP contribution >= 0.6 is 0 Å². The SMILES string of the molecule is C[C@H](NCCn1cccn1)c1ccc(-c2cccnc2)cc1. The van der Waals surface area contributed by atoms with Crippen molar-refractivity contribution in [1.82, 2.24) is 20.1 Å². The van der Waals surface area contributed by atoms with Gasteiger partial charge in [-0.2, -0.15) is 5.10 Å². The fraction of sp³-hybridized carbons (Fsp3) is 0.222. The highest BCUT2D eigenvalue weighted by molar-refractivity contribution is 5.62. The molecule has 0 aliphatic rings. The average molecular weight is 292 g/mol. The van der Waals surface area contributed by atoms with Crippen LogP contribution in [0.25, 0.3) is 11.1 Å². The van der Waals surface area contributed by atoms with E-state index in [1.807, 2.05) is 29.2 Å². The summed E-state index contributed by atoms with van der Waals surface area (Å²) >= 11 is 0. The predicted octanol–water partition coefficient (Wildman–Crippen LogP) is 3.30. The van der Waals surface area contributed by atoms with E-state index in [-0.39, 0.29) is 0 Å². The maximum absolute atomic E-state index is 4.20. The smallest absolute Gasteiger partial charge is 0.0534 e. The number of aromatic nitrogens is 3. The highest BCUT2D eigenvalue weighted by Crippen LogP contribution is 2.21. The molecule has 0 fully saturated rings. The first-order valence-electron chi connectivity index (χ1n) is 7.54. The molecule has 0 aliphatic carbocycles. The van der Waals surface area contributed by atoms with Gasteiger partial charge in [0.1, 0.15) is 0 Å². The molecule has 22 heavy (non-hydrogen) atoms. The first kappa shape index (κ1) is 14.5. The Balaban J connectivity index is 1.57. The lowest BCUT2D eigenvalue weighted by atomic mass is 10.0.